The molecule has 0 bridgehead atoms. The van der Waals surface area contributed by atoms with Crippen LogP contribution in [0.1, 0.15) is 46.0 Å². The largest absolute Gasteiger partial charge is 0.375 e. The molecule has 2 rings (SSSR count). The van der Waals surface area contributed by atoms with E-state index in [0.717, 1.165) is 25.7 Å². The molecule has 3 atom stereocenters. The Labute approximate surface area is 115 Å². The predicted molar refractivity (Wildman–Crippen MR) is 73.2 cm³/mol. The van der Waals surface area contributed by atoms with E-state index in [-0.39, 0.29) is 17.3 Å². The van der Waals surface area contributed by atoms with E-state index in [1.54, 1.807) is 0 Å². The van der Waals surface area contributed by atoms with Crippen LogP contribution in [0.5, 0.6) is 0 Å². The van der Waals surface area contributed by atoms with Crippen LogP contribution in [0.2, 0.25) is 0 Å². The minimum atomic E-state index is -3.39. The third-order valence-electron chi connectivity index (χ3n) is 4.28. The van der Waals surface area contributed by atoms with Gasteiger partial charge in [-0.3, -0.25) is 0 Å². The summed E-state index contributed by atoms with van der Waals surface area (Å²) in [4.78, 5) is 0. The molecule has 2 fully saturated rings. The fraction of sp³-hybridized carbons (Fsp3) is 1.00. The van der Waals surface area contributed by atoms with Crippen molar-refractivity contribution in [1.29, 1.82) is 0 Å². The monoisotopic (exact) mass is 294 g/mol. The molecule has 1 aliphatic carbocycles. The third-order valence-corrected chi connectivity index (χ3v) is 5.52. The van der Waals surface area contributed by atoms with E-state index in [9.17, 15) is 8.42 Å². The van der Waals surface area contributed by atoms with Gasteiger partial charge in [0.25, 0.3) is 0 Å². The zero-order chi connectivity index (χ0) is 13.4. The van der Waals surface area contributed by atoms with Gasteiger partial charge in [0, 0.05) is 17.3 Å². The molecule has 5 heteroatoms. The number of hydrogen-bond acceptors (Lipinski definition) is 3. The lowest BCUT2D eigenvalue weighted by atomic mass is 9.69. The highest BCUT2D eigenvalue weighted by Crippen LogP contribution is 2.45. The Hall–Kier alpha value is 0.200. The molecule has 0 aromatic heterocycles. The Balaban J connectivity index is 2.05. The van der Waals surface area contributed by atoms with Crippen molar-refractivity contribution in [2.45, 2.75) is 51.6 Å². The Morgan fingerprint density at radius 1 is 1.22 bits per heavy atom. The maximum Gasteiger partial charge on any atom is 0.232 e. The van der Waals surface area contributed by atoms with Crippen LogP contribution in [0.25, 0.3) is 0 Å². The molecule has 0 amide bonds. The van der Waals surface area contributed by atoms with Gasteiger partial charge in [0.05, 0.1) is 11.4 Å². The lowest BCUT2D eigenvalue weighted by molar-refractivity contribution is -0.132. The molecule has 0 aromatic carbocycles. The highest BCUT2D eigenvalue weighted by atomic mass is 35.7. The van der Waals surface area contributed by atoms with Crippen LogP contribution in [-0.2, 0) is 13.8 Å². The molecule has 106 valence electrons. The number of ether oxygens (including phenoxy) is 1. The summed E-state index contributed by atoms with van der Waals surface area (Å²) in [5.74, 6) is 1.60. The van der Waals surface area contributed by atoms with Crippen molar-refractivity contribution in [3.05, 3.63) is 0 Å². The molecule has 0 aromatic rings. The minimum absolute atomic E-state index is 0.0818. The first-order valence-corrected chi connectivity index (χ1v) is 9.32. The molecule has 1 spiro atoms. The van der Waals surface area contributed by atoms with Gasteiger partial charge in [-0.05, 0) is 49.9 Å². The fourth-order valence-electron chi connectivity index (χ4n) is 4.04. The first-order chi connectivity index (χ1) is 8.28. The molecule has 3 unspecified atom stereocenters. The predicted octanol–water partition coefficient (Wildman–Crippen LogP) is 3.18. The maximum atomic E-state index is 11.2. The van der Waals surface area contributed by atoms with Crippen molar-refractivity contribution in [1.82, 2.24) is 0 Å². The zero-order valence-corrected chi connectivity index (χ0v) is 12.8. The summed E-state index contributed by atoms with van der Waals surface area (Å²) in [6, 6.07) is 0. The Bertz CT molecular complexity index is 383. The molecule has 0 N–H and O–H groups in total. The van der Waals surface area contributed by atoms with E-state index in [1.807, 2.05) is 0 Å². The molecule has 1 saturated heterocycles. The summed E-state index contributed by atoms with van der Waals surface area (Å²) in [5.41, 5.74) is -0.0818. The van der Waals surface area contributed by atoms with Crippen molar-refractivity contribution >= 4 is 19.7 Å². The Morgan fingerprint density at radius 3 is 2.39 bits per heavy atom. The van der Waals surface area contributed by atoms with Gasteiger partial charge >= 0.3 is 0 Å². The lowest BCUT2D eigenvalue weighted by Crippen LogP contribution is -2.46. The standard InChI is InChI=1S/C13H23ClO3S/c1-10-5-11(2)7-13(6-10)8-12(3-4-17-13)9-18(14,15)16/h10-12H,3-9H2,1-2H3. The number of rotatable bonds is 2. The van der Waals surface area contributed by atoms with Gasteiger partial charge in [0.15, 0.2) is 0 Å². The summed E-state index contributed by atoms with van der Waals surface area (Å²) in [6.07, 6.45) is 5.06. The van der Waals surface area contributed by atoms with Gasteiger partial charge < -0.3 is 4.74 Å². The normalized spacial score (nSPS) is 42.1. The molecular weight excluding hydrogens is 272 g/mol. The molecule has 1 aliphatic heterocycles. The van der Waals surface area contributed by atoms with Crippen LogP contribution in [0, 0.1) is 17.8 Å². The second kappa shape index (κ2) is 5.29. The lowest BCUT2D eigenvalue weighted by Gasteiger charge is -2.47. The first-order valence-electron chi connectivity index (χ1n) is 6.84. The third kappa shape index (κ3) is 3.84. The quantitative estimate of drug-likeness (QED) is 0.735. The van der Waals surface area contributed by atoms with E-state index in [1.165, 1.54) is 6.42 Å². The Kier molecular flexibility index (Phi) is 4.30. The van der Waals surface area contributed by atoms with Crippen LogP contribution >= 0.6 is 10.7 Å². The van der Waals surface area contributed by atoms with Crippen LogP contribution in [-0.4, -0.2) is 26.4 Å². The second-order valence-corrected chi connectivity index (χ2v) is 9.27. The van der Waals surface area contributed by atoms with Gasteiger partial charge in [0.2, 0.25) is 9.05 Å². The van der Waals surface area contributed by atoms with Gasteiger partial charge in [-0.1, -0.05) is 13.8 Å². The van der Waals surface area contributed by atoms with Gasteiger partial charge in [-0.25, -0.2) is 8.42 Å². The highest BCUT2D eigenvalue weighted by molar-refractivity contribution is 8.13. The van der Waals surface area contributed by atoms with E-state index >= 15 is 0 Å². The van der Waals surface area contributed by atoms with E-state index in [0.29, 0.717) is 18.4 Å². The zero-order valence-electron chi connectivity index (χ0n) is 11.2. The van der Waals surface area contributed by atoms with Crippen LogP contribution in [0.4, 0.5) is 0 Å². The summed E-state index contributed by atoms with van der Waals surface area (Å²) < 4.78 is 28.5. The van der Waals surface area contributed by atoms with Crippen LogP contribution in [0.15, 0.2) is 0 Å². The molecule has 3 nitrogen and oxygen atoms in total. The summed E-state index contributed by atoms with van der Waals surface area (Å²) in [7, 11) is 1.99. The SMILES string of the molecule is CC1CC(C)CC2(C1)CC(CS(=O)(=O)Cl)CCO2. The summed E-state index contributed by atoms with van der Waals surface area (Å²) >= 11 is 0. The smallest absolute Gasteiger partial charge is 0.232 e. The van der Waals surface area contributed by atoms with Gasteiger partial charge in [-0.2, -0.15) is 0 Å². The van der Waals surface area contributed by atoms with Crippen molar-refractivity contribution in [2.24, 2.45) is 17.8 Å². The molecular formula is C13H23ClO3S. The van der Waals surface area contributed by atoms with Gasteiger partial charge in [-0.15, -0.1) is 0 Å². The van der Waals surface area contributed by atoms with E-state index < -0.39 is 9.05 Å². The van der Waals surface area contributed by atoms with Crippen molar-refractivity contribution in [3.8, 4) is 0 Å². The van der Waals surface area contributed by atoms with Crippen LogP contribution in [0.3, 0.4) is 0 Å². The maximum absolute atomic E-state index is 11.2. The van der Waals surface area contributed by atoms with Crippen LogP contribution < -0.4 is 0 Å². The van der Waals surface area contributed by atoms with Gasteiger partial charge in [0.1, 0.15) is 0 Å². The minimum Gasteiger partial charge on any atom is -0.375 e. The summed E-state index contributed by atoms with van der Waals surface area (Å²) in [6.45, 7) is 5.21. The highest BCUT2D eigenvalue weighted by Gasteiger charge is 2.43. The first kappa shape index (κ1) is 14.6. The second-order valence-electron chi connectivity index (χ2n) is 6.45. The average molecular weight is 295 g/mol. The molecule has 0 radical (unpaired) electrons. The number of halogens is 1. The van der Waals surface area contributed by atoms with E-state index in [4.69, 9.17) is 15.4 Å². The Morgan fingerprint density at radius 2 is 1.83 bits per heavy atom. The van der Waals surface area contributed by atoms with Crippen molar-refractivity contribution < 1.29 is 13.2 Å². The molecule has 1 saturated carbocycles. The van der Waals surface area contributed by atoms with Crippen molar-refractivity contribution in [3.63, 3.8) is 0 Å². The van der Waals surface area contributed by atoms with Crippen molar-refractivity contribution in [2.75, 3.05) is 12.4 Å². The topological polar surface area (TPSA) is 43.4 Å². The summed E-state index contributed by atoms with van der Waals surface area (Å²) in [5, 5.41) is 0. The molecule has 18 heavy (non-hydrogen) atoms. The molecule has 1 heterocycles. The van der Waals surface area contributed by atoms with E-state index in [2.05, 4.69) is 13.8 Å². The fourth-order valence-corrected chi connectivity index (χ4v) is 5.43. The molecule has 2 aliphatic rings. The number of hydrogen-bond donors (Lipinski definition) is 0. The average Bonchev–Trinajstić information content (AvgIpc) is 2.11.